The van der Waals surface area contributed by atoms with Gasteiger partial charge in [-0.1, -0.05) is 19.1 Å². The molecule has 14 heteroatoms. The topological polar surface area (TPSA) is 133 Å². The van der Waals surface area contributed by atoms with Crippen molar-refractivity contribution in [2.24, 2.45) is 5.92 Å². The average molecular weight is 614 g/mol. The summed E-state index contributed by atoms with van der Waals surface area (Å²) in [6, 6.07) is 10.6. The van der Waals surface area contributed by atoms with Crippen LogP contribution in [-0.4, -0.2) is 75.9 Å². The lowest BCUT2D eigenvalue weighted by molar-refractivity contribution is -0.134. The molecule has 0 saturated carbocycles. The number of nitrogens with zero attached hydrogens (tertiary/aromatic N) is 2. The second-order valence-corrected chi connectivity index (χ2v) is 15.5. The number of amides is 1. The van der Waals surface area contributed by atoms with Crippen LogP contribution in [0.15, 0.2) is 61.6 Å². The number of thiophene rings is 2. The largest absolute Gasteiger partial charge is 0.488 e. The second kappa shape index (κ2) is 11.9. The Labute approximate surface area is 236 Å². The van der Waals surface area contributed by atoms with E-state index in [4.69, 9.17) is 4.74 Å². The number of sulfonamides is 2. The van der Waals surface area contributed by atoms with Gasteiger partial charge in [0.1, 0.15) is 20.3 Å². The second-order valence-electron chi connectivity index (χ2n) is 9.47. The van der Waals surface area contributed by atoms with E-state index in [0.717, 1.165) is 22.7 Å². The Hall–Kier alpha value is -2.49. The fourth-order valence-electron chi connectivity index (χ4n) is 4.25. The number of aliphatic hydroxyl groups is 1. The van der Waals surface area contributed by atoms with Crippen molar-refractivity contribution in [1.29, 1.82) is 0 Å². The Morgan fingerprint density at radius 2 is 1.79 bits per heavy atom. The summed E-state index contributed by atoms with van der Waals surface area (Å²) in [6.45, 7) is 3.62. The number of fused-ring (bicyclic) bond motifs is 1. The molecule has 2 aromatic heterocycles. The molecular weight excluding hydrogens is 583 g/mol. The van der Waals surface area contributed by atoms with Crippen molar-refractivity contribution < 1.29 is 31.5 Å². The zero-order valence-electron chi connectivity index (χ0n) is 21.7. The van der Waals surface area contributed by atoms with Gasteiger partial charge in [-0.25, -0.2) is 16.8 Å². The first kappa shape index (κ1) is 29.5. The summed E-state index contributed by atoms with van der Waals surface area (Å²) >= 11 is 2.21. The van der Waals surface area contributed by atoms with Gasteiger partial charge >= 0.3 is 0 Å². The molecule has 0 spiro atoms. The first-order valence-corrected chi connectivity index (χ1v) is 16.9. The molecule has 39 heavy (non-hydrogen) atoms. The van der Waals surface area contributed by atoms with Crippen molar-refractivity contribution in [2.45, 2.75) is 40.8 Å². The van der Waals surface area contributed by atoms with E-state index in [-0.39, 0.29) is 52.0 Å². The molecule has 0 unspecified atom stereocenters. The minimum Gasteiger partial charge on any atom is -0.488 e. The monoisotopic (exact) mass is 613 g/mol. The lowest BCUT2D eigenvalue weighted by Crippen LogP contribution is -2.48. The molecule has 1 aliphatic rings. The summed E-state index contributed by atoms with van der Waals surface area (Å²) < 4.78 is 62.3. The molecule has 1 aliphatic heterocycles. The van der Waals surface area contributed by atoms with Gasteiger partial charge in [0.2, 0.25) is 5.91 Å². The van der Waals surface area contributed by atoms with Gasteiger partial charge in [0.25, 0.3) is 20.0 Å². The van der Waals surface area contributed by atoms with E-state index in [1.165, 1.54) is 17.4 Å². The van der Waals surface area contributed by atoms with Gasteiger partial charge in [0.05, 0.1) is 25.6 Å². The number of hydrogen-bond acceptors (Lipinski definition) is 9. The van der Waals surface area contributed by atoms with Crippen LogP contribution in [0.3, 0.4) is 0 Å². The third-order valence-corrected chi connectivity index (χ3v) is 12.5. The van der Waals surface area contributed by atoms with Crippen LogP contribution in [-0.2, 0) is 31.3 Å². The number of carbonyl (C=O) groups excluding carboxylic acids is 1. The number of aliphatic hydroxyl groups excluding tert-OH is 1. The average Bonchev–Trinajstić information content (AvgIpc) is 3.62. The molecule has 3 aromatic rings. The number of rotatable bonds is 9. The first-order valence-electron chi connectivity index (χ1n) is 12.2. The van der Waals surface area contributed by atoms with Crippen LogP contribution in [0, 0.1) is 5.92 Å². The van der Waals surface area contributed by atoms with Gasteiger partial charge in [-0.3, -0.25) is 9.52 Å². The van der Waals surface area contributed by atoms with Crippen LogP contribution < -0.4 is 9.46 Å². The van der Waals surface area contributed by atoms with Gasteiger partial charge < -0.3 is 14.7 Å². The van der Waals surface area contributed by atoms with Crippen LogP contribution in [0.4, 0.5) is 5.69 Å². The van der Waals surface area contributed by atoms with Crippen LogP contribution in [0.1, 0.15) is 19.4 Å². The van der Waals surface area contributed by atoms with Gasteiger partial charge in [-0.15, -0.1) is 22.7 Å². The fraction of sp³-hybridized carbons (Fsp3) is 0.400. The highest BCUT2D eigenvalue weighted by atomic mass is 32.3. The Bertz CT molecular complexity index is 1490. The molecular formula is C25H31N3O7S4. The van der Waals surface area contributed by atoms with E-state index < -0.39 is 32.2 Å². The minimum atomic E-state index is -3.81. The molecule has 3 atom stereocenters. The van der Waals surface area contributed by atoms with Crippen molar-refractivity contribution >= 4 is 54.3 Å². The maximum absolute atomic E-state index is 13.4. The molecule has 0 fully saturated rings. The number of likely N-dealkylation sites (N-methyl/N-ethyl adjacent to an activating group) is 1. The van der Waals surface area contributed by atoms with Crippen LogP contribution in [0.2, 0.25) is 0 Å². The molecule has 4 rings (SSSR count). The van der Waals surface area contributed by atoms with Crippen LogP contribution in [0.25, 0.3) is 0 Å². The molecule has 10 nitrogen and oxygen atoms in total. The number of hydrogen-bond donors (Lipinski definition) is 2. The van der Waals surface area contributed by atoms with Crippen LogP contribution >= 0.6 is 22.7 Å². The molecule has 3 heterocycles. The lowest BCUT2D eigenvalue weighted by atomic mass is 10.0. The maximum Gasteiger partial charge on any atom is 0.271 e. The predicted octanol–water partition coefficient (Wildman–Crippen LogP) is 3.08. The highest BCUT2D eigenvalue weighted by Crippen LogP contribution is 2.31. The third-order valence-electron chi connectivity index (χ3n) is 6.53. The summed E-state index contributed by atoms with van der Waals surface area (Å²) in [5.41, 5.74) is 0.714. The Morgan fingerprint density at radius 1 is 1.13 bits per heavy atom. The highest BCUT2D eigenvalue weighted by Gasteiger charge is 2.34. The summed E-state index contributed by atoms with van der Waals surface area (Å²) in [5.74, 6) is -0.196. The molecule has 0 aliphatic carbocycles. The Morgan fingerprint density at radius 3 is 2.41 bits per heavy atom. The van der Waals surface area contributed by atoms with Crippen molar-refractivity contribution in [3.63, 3.8) is 0 Å². The van der Waals surface area contributed by atoms with Gasteiger partial charge in [-0.2, -0.15) is 4.31 Å². The van der Waals surface area contributed by atoms with Crippen LogP contribution in [0.5, 0.6) is 5.75 Å². The smallest absolute Gasteiger partial charge is 0.271 e. The zero-order chi connectivity index (χ0) is 28.4. The number of nitrogens with one attached hydrogen (secondary N) is 1. The SMILES string of the molecule is C[C@@H]1CN([C@H](C)CO)C(=O)Cc2cc(NS(=O)(=O)c3cccs3)ccc2O[C@H]1CN(C)S(=O)(=O)c1cccs1. The molecule has 2 N–H and O–H groups in total. The Kier molecular flexibility index (Phi) is 9.03. The van der Waals surface area contributed by atoms with E-state index in [1.54, 1.807) is 59.0 Å². The molecule has 0 bridgehead atoms. The number of anilines is 1. The van der Waals surface area contributed by atoms with E-state index in [0.29, 0.717) is 11.3 Å². The fourth-order valence-corrected chi connectivity index (χ4v) is 8.67. The van der Waals surface area contributed by atoms with Gasteiger partial charge in [-0.05, 0) is 48.0 Å². The van der Waals surface area contributed by atoms with E-state index in [2.05, 4.69) is 4.72 Å². The first-order chi connectivity index (χ1) is 18.4. The summed E-state index contributed by atoms with van der Waals surface area (Å²) in [7, 11) is -6.07. The Balaban J connectivity index is 1.68. The molecule has 1 aromatic carbocycles. The van der Waals surface area contributed by atoms with Crippen molar-refractivity contribution in [1.82, 2.24) is 9.21 Å². The molecule has 1 amide bonds. The van der Waals surface area contributed by atoms with Gasteiger partial charge in [0.15, 0.2) is 0 Å². The summed E-state index contributed by atoms with van der Waals surface area (Å²) in [5, 5.41) is 13.2. The normalized spacial score (nSPS) is 19.5. The third kappa shape index (κ3) is 6.64. The zero-order valence-corrected chi connectivity index (χ0v) is 24.9. The lowest BCUT2D eigenvalue weighted by Gasteiger charge is -2.33. The van der Waals surface area contributed by atoms with Crippen molar-refractivity contribution in [3.8, 4) is 5.75 Å². The molecule has 212 valence electrons. The highest BCUT2D eigenvalue weighted by molar-refractivity contribution is 7.94. The number of benzene rings is 1. The van der Waals surface area contributed by atoms with E-state index in [1.807, 2.05) is 6.92 Å². The summed E-state index contributed by atoms with van der Waals surface area (Å²) in [6.07, 6.45) is -0.728. The number of carbonyl (C=O) groups is 1. The minimum absolute atomic E-state index is 0.0170. The quantitative estimate of drug-likeness (QED) is 0.379. The van der Waals surface area contributed by atoms with Gasteiger partial charge in [0, 0.05) is 30.8 Å². The molecule has 0 radical (unpaired) electrons. The standard InChI is InChI=1S/C25H31N3O7S4/c1-17-14-28(18(2)16-29)23(30)13-19-12-20(26-38(31,32)24-6-4-10-36-24)8-9-21(19)35-22(17)15-27(3)39(33,34)25-7-5-11-37-25/h4-12,17-18,22,26,29H,13-16H2,1-3H3/t17-,18-,22+/m1/s1. The number of ether oxygens (including phenoxy) is 1. The predicted molar refractivity (Wildman–Crippen MR) is 151 cm³/mol. The van der Waals surface area contributed by atoms with Crippen molar-refractivity contribution in [3.05, 3.63) is 58.8 Å². The van der Waals surface area contributed by atoms with E-state index in [9.17, 15) is 26.7 Å². The summed E-state index contributed by atoms with van der Waals surface area (Å²) in [4.78, 5) is 14.9. The molecule has 0 saturated heterocycles. The van der Waals surface area contributed by atoms with Crippen molar-refractivity contribution in [2.75, 3.05) is 31.5 Å². The maximum atomic E-state index is 13.4. The van der Waals surface area contributed by atoms with E-state index >= 15 is 0 Å².